The van der Waals surface area contributed by atoms with Gasteiger partial charge in [0.2, 0.25) is 5.95 Å². The van der Waals surface area contributed by atoms with Gasteiger partial charge in [0.15, 0.2) is 23.6 Å². The van der Waals surface area contributed by atoms with E-state index >= 15 is 0 Å². The Hall–Kier alpha value is -1.17. The summed E-state index contributed by atoms with van der Waals surface area (Å²) in [5.41, 5.74) is 4.47. The molecule has 0 aliphatic carbocycles. The number of aliphatic hydroxyl groups excluding tert-OH is 1. The van der Waals surface area contributed by atoms with Gasteiger partial charge in [0.25, 0.3) is 5.56 Å². The fourth-order valence-corrected chi connectivity index (χ4v) is 6.64. The predicted octanol–water partition coefficient (Wildman–Crippen LogP) is -1.24. The van der Waals surface area contributed by atoms with E-state index in [1.807, 2.05) is 0 Å². The SMILES string of the molecule is Nc1nc2c(ncn2[C@@H]2O[C@H](COP(O)(=S)OP(=O)(O)OP(=O)(O)O)C(F)C2O)c(=O)[nH]1. The van der Waals surface area contributed by atoms with Crippen molar-refractivity contribution in [1.82, 2.24) is 19.5 Å². The Morgan fingerprint density at radius 3 is 2.59 bits per heavy atom. The maximum absolute atomic E-state index is 14.5. The van der Waals surface area contributed by atoms with Gasteiger partial charge in [-0.25, -0.2) is 22.8 Å². The van der Waals surface area contributed by atoms with Crippen LogP contribution in [0.15, 0.2) is 11.1 Å². The van der Waals surface area contributed by atoms with Gasteiger partial charge in [0.1, 0.15) is 12.2 Å². The first-order chi connectivity index (χ1) is 14.6. The van der Waals surface area contributed by atoms with E-state index in [4.69, 9.17) is 20.3 Å². The summed E-state index contributed by atoms with van der Waals surface area (Å²) in [7, 11) is -11.0. The molecule has 1 saturated heterocycles. The van der Waals surface area contributed by atoms with Gasteiger partial charge in [-0.2, -0.15) is 9.29 Å². The molecule has 3 rings (SSSR count). The summed E-state index contributed by atoms with van der Waals surface area (Å²) in [6.07, 6.45) is -6.05. The summed E-state index contributed by atoms with van der Waals surface area (Å²) < 4.78 is 55.2. The lowest BCUT2D eigenvalue weighted by molar-refractivity contribution is -0.0474. The van der Waals surface area contributed by atoms with Crippen molar-refractivity contribution in [3.8, 4) is 0 Å². The standard InChI is InChI=1S/C10H15FN5O12P3S/c11-4-3(1-25-31(24,32)28-30(22,23)27-29(19,20)21)26-9(6(4)17)16-2-13-5-7(16)14-10(12)15-8(5)18/h2-4,6,9,17H,1H2,(H,22,23)(H,24,32)(H2,19,20,21)(H3,12,14,15,18)/t3-,4?,6?,9-,31?/m1/s1. The van der Waals surface area contributed by atoms with Crippen LogP contribution in [0, 0.1) is 0 Å². The van der Waals surface area contributed by atoms with Gasteiger partial charge in [-0.15, -0.1) is 0 Å². The fourth-order valence-electron chi connectivity index (χ4n) is 2.67. The second kappa shape index (κ2) is 8.88. The highest BCUT2D eigenvalue weighted by Crippen LogP contribution is 2.66. The number of halogens is 1. The number of aliphatic hydroxyl groups is 1. The summed E-state index contributed by atoms with van der Waals surface area (Å²) in [5.74, 6) is -0.280. The number of nitrogens with two attached hydrogens (primary N) is 1. The molecule has 6 atom stereocenters. The number of aromatic amines is 1. The van der Waals surface area contributed by atoms with Crippen LogP contribution >= 0.6 is 22.4 Å². The van der Waals surface area contributed by atoms with Gasteiger partial charge in [0, 0.05) is 0 Å². The number of nitrogen functional groups attached to an aromatic ring is 1. The van der Waals surface area contributed by atoms with Crippen LogP contribution in [0.5, 0.6) is 0 Å². The predicted molar refractivity (Wildman–Crippen MR) is 104 cm³/mol. The minimum atomic E-state index is -5.55. The van der Waals surface area contributed by atoms with Gasteiger partial charge >= 0.3 is 22.4 Å². The summed E-state index contributed by atoms with van der Waals surface area (Å²) in [4.78, 5) is 57.8. The van der Waals surface area contributed by atoms with Crippen LogP contribution in [0.25, 0.3) is 11.2 Å². The van der Waals surface area contributed by atoms with E-state index in [1.165, 1.54) is 0 Å². The molecule has 1 aliphatic rings. The van der Waals surface area contributed by atoms with Gasteiger partial charge in [-0.1, -0.05) is 0 Å². The molecule has 3 heterocycles. The molecule has 0 amide bonds. The normalized spacial score (nSPS) is 27.9. The third-order valence-corrected chi connectivity index (χ3v) is 8.55. The second-order valence-corrected chi connectivity index (χ2v) is 12.0. The van der Waals surface area contributed by atoms with E-state index in [2.05, 4.69) is 39.9 Å². The lowest BCUT2D eigenvalue weighted by Gasteiger charge is -2.21. The number of nitrogens with zero attached hydrogens (tertiary/aromatic N) is 3. The first-order valence-corrected chi connectivity index (χ1v) is 13.7. The van der Waals surface area contributed by atoms with E-state index in [0.29, 0.717) is 0 Å². The number of nitrogens with one attached hydrogen (secondary N) is 1. The Balaban J connectivity index is 1.72. The Labute approximate surface area is 181 Å². The molecule has 0 radical (unpaired) electrons. The Kier molecular flexibility index (Phi) is 7.07. The summed E-state index contributed by atoms with van der Waals surface area (Å²) >= 11 is 4.42. The molecule has 22 heteroatoms. The number of rotatable bonds is 8. The smallest absolute Gasteiger partial charge is 0.385 e. The van der Waals surface area contributed by atoms with Crippen LogP contribution in [0.1, 0.15) is 6.23 Å². The van der Waals surface area contributed by atoms with Crippen LogP contribution in [0.4, 0.5) is 10.3 Å². The molecule has 32 heavy (non-hydrogen) atoms. The molecule has 0 aromatic carbocycles. The summed E-state index contributed by atoms with van der Waals surface area (Å²) in [5, 5.41) is 10.2. The minimum absolute atomic E-state index is 0.129. The van der Waals surface area contributed by atoms with Crippen LogP contribution in [-0.2, 0) is 38.8 Å². The maximum atomic E-state index is 14.5. The number of hydrogen-bond acceptors (Lipinski definition) is 12. The van der Waals surface area contributed by atoms with E-state index in [-0.39, 0.29) is 17.1 Å². The summed E-state index contributed by atoms with van der Waals surface area (Å²) in [6, 6.07) is 0. The van der Waals surface area contributed by atoms with E-state index in [0.717, 1.165) is 10.9 Å². The van der Waals surface area contributed by atoms with E-state index in [9.17, 15) is 33.2 Å². The molecule has 1 fully saturated rings. The number of alkyl halides is 1. The lowest BCUT2D eigenvalue weighted by atomic mass is 10.1. The number of H-pyrrole nitrogens is 1. The third kappa shape index (κ3) is 5.84. The lowest BCUT2D eigenvalue weighted by Crippen LogP contribution is -2.30. The van der Waals surface area contributed by atoms with Gasteiger partial charge in [-0.3, -0.25) is 14.3 Å². The number of fused-ring (bicyclic) bond motifs is 1. The maximum Gasteiger partial charge on any atom is 0.488 e. The first-order valence-electron chi connectivity index (χ1n) is 8.07. The average molecular weight is 541 g/mol. The molecule has 0 bridgehead atoms. The van der Waals surface area contributed by atoms with Gasteiger partial charge < -0.3 is 39.7 Å². The van der Waals surface area contributed by atoms with Crippen molar-refractivity contribution < 1.29 is 56.1 Å². The van der Waals surface area contributed by atoms with Gasteiger partial charge in [0.05, 0.1) is 12.9 Å². The third-order valence-electron chi connectivity index (χ3n) is 3.83. The molecule has 2 aromatic rings. The van der Waals surface area contributed by atoms with Crippen LogP contribution < -0.4 is 11.3 Å². The van der Waals surface area contributed by atoms with Crippen LogP contribution in [-0.4, -0.2) is 69.2 Å². The molecular formula is C10H15FN5O12P3S. The second-order valence-electron chi connectivity index (χ2n) is 6.16. The van der Waals surface area contributed by atoms with Crippen molar-refractivity contribution >= 4 is 51.3 Å². The largest absolute Gasteiger partial charge is 0.488 e. The first kappa shape index (κ1) is 25.5. The van der Waals surface area contributed by atoms with Crippen LogP contribution in [0.2, 0.25) is 0 Å². The zero-order valence-corrected chi connectivity index (χ0v) is 18.7. The molecule has 1 aliphatic heterocycles. The number of ether oxygens (including phenoxy) is 1. The van der Waals surface area contributed by atoms with E-state index < -0.39 is 59.1 Å². The van der Waals surface area contributed by atoms with Crippen molar-refractivity contribution in [2.75, 3.05) is 12.3 Å². The molecule has 0 spiro atoms. The number of hydrogen-bond donors (Lipinski definition) is 7. The number of aromatic nitrogens is 4. The van der Waals surface area contributed by atoms with Crippen molar-refractivity contribution in [3.05, 3.63) is 16.7 Å². The molecule has 8 N–H and O–H groups in total. The molecule has 0 saturated carbocycles. The summed E-state index contributed by atoms with van der Waals surface area (Å²) in [6.45, 7) is -5.63. The molecule has 180 valence electrons. The van der Waals surface area contributed by atoms with Crippen LogP contribution in [0.3, 0.4) is 0 Å². The monoisotopic (exact) mass is 541 g/mol. The molecular weight excluding hydrogens is 526 g/mol. The average Bonchev–Trinajstić information content (AvgIpc) is 3.12. The van der Waals surface area contributed by atoms with Crippen molar-refractivity contribution in [1.29, 1.82) is 0 Å². The Bertz CT molecular complexity index is 1220. The zero-order valence-electron chi connectivity index (χ0n) is 15.2. The Morgan fingerprint density at radius 1 is 1.31 bits per heavy atom. The molecule has 17 nitrogen and oxygen atoms in total. The topological polar surface area (TPSA) is 262 Å². The Morgan fingerprint density at radius 2 is 1.97 bits per heavy atom. The number of anilines is 1. The fraction of sp³-hybridized carbons (Fsp3) is 0.500. The highest BCUT2D eigenvalue weighted by Gasteiger charge is 2.47. The van der Waals surface area contributed by atoms with Gasteiger partial charge in [-0.05, 0) is 11.8 Å². The minimum Gasteiger partial charge on any atom is -0.385 e. The van der Waals surface area contributed by atoms with E-state index in [1.54, 1.807) is 0 Å². The quantitative estimate of drug-likeness (QED) is 0.193. The highest BCUT2D eigenvalue weighted by molar-refractivity contribution is 8.08. The highest BCUT2D eigenvalue weighted by atomic mass is 32.5. The van der Waals surface area contributed by atoms with Crippen molar-refractivity contribution in [2.45, 2.75) is 24.6 Å². The van der Waals surface area contributed by atoms with Crippen molar-refractivity contribution in [2.24, 2.45) is 0 Å². The zero-order chi connectivity index (χ0) is 24.1. The molecule has 2 aromatic heterocycles. The number of imidazole rings is 1. The van der Waals surface area contributed by atoms with Crippen molar-refractivity contribution in [3.63, 3.8) is 0 Å². The molecule has 4 unspecified atom stereocenters. The number of phosphoric acid groups is 2.